The molecule has 0 heterocycles. The molecule has 0 aliphatic heterocycles. The van der Waals surface area contributed by atoms with Crippen LogP contribution in [0.25, 0.3) is 0 Å². The molecule has 1 amide bonds. The molecule has 0 aromatic heterocycles. The molecule has 2 N–H and O–H groups in total. The number of nitrogens with zero attached hydrogens (tertiary/aromatic N) is 1. The highest BCUT2D eigenvalue weighted by atomic mass is 79.9. The summed E-state index contributed by atoms with van der Waals surface area (Å²) in [5, 5.41) is 7.63. The van der Waals surface area contributed by atoms with E-state index in [1.807, 2.05) is 38.1 Å². The van der Waals surface area contributed by atoms with Crippen LogP contribution in [0.3, 0.4) is 0 Å². The first-order chi connectivity index (χ1) is 12.0. The molecule has 0 spiro atoms. The van der Waals surface area contributed by atoms with Crippen LogP contribution in [0.1, 0.15) is 39.5 Å². The minimum absolute atomic E-state index is 0.0460. The molecular formula is C20H26BrN3O. The van der Waals surface area contributed by atoms with E-state index in [1.54, 1.807) is 0 Å². The van der Waals surface area contributed by atoms with Crippen molar-refractivity contribution < 1.29 is 4.79 Å². The molecule has 1 unspecified atom stereocenters. The number of anilines is 1. The Morgan fingerprint density at radius 1 is 1.36 bits per heavy atom. The number of hydrazone groups is 1. The summed E-state index contributed by atoms with van der Waals surface area (Å²) in [5.74, 6) is 0.379. The van der Waals surface area contributed by atoms with Gasteiger partial charge in [-0.25, -0.2) is 5.43 Å². The molecule has 1 aliphatic carbocycles. The highest BCUT2D eigenvalue weighted by Crippen LogP contribution is 2.26. The molecular weight excluding hydrogens is 378 g/mol. The van der Waals surface area contributed by atoms with Crippen LogP contribution in [0.5, 0.6) is 0 Å². The first kappa shape index (κ1) is 19.4. The van der Waals surface area contributed by atoms with Gasteiger partial charge in [0.25, 0.3) is 0 Å². The molecule has 2 rings (SSSR count). The molecule has 1 aromatic rings. The van der Waals surface area contributed by atoms with Gasteiger partial charge in [0.2, 0.25) is 5.91 Å². The van der Waals surface area contributed by atoms with Gasteiger partial charge in [-0.15, -0.1) is 0 Å². The van der Waals surface area contributed by atoms with Gasteiger partial charge in [0.15, 0.2) is 0 Å². The van der Waals surface area contributed by atoms with Gasteiger partial charge >= 0.3 is 0 Å². The van der Waals surface area contributed by atoms with Crippen molar-refractivity contribution in [2.24, 2.45) is 11.0 Å². The number of hydrogen-bond donors (Lipinski definition) is 2. The number of allylic oxidation sites excluding steroid dienone is 3. The number of hydrogen-bond acceptors (Lipinski definition) is 3. The van der Waals surface area contributed by atoms with Gasteiger partial charge in [-0.05, 0) is 68.9 Å². The van der Waals surface area contributed by atoms with Crippen LogP contribution < -0.4 is 10.7 Å². The summed E-state index contributed by atoms with van der Waals surface area (Å²) < 4.78 is 1.05. The summed E-state index contributed by atoms with van der Waals surface area (Å²) in [7, 11) is 0. The fourth-order valence-electron chi connectivity index (χ4n) is 2.66. The maximum Gasteiger partial charge on any atom is 0.240 e. The Labute approximate surface area is 158 Å². The fraction of sp³-hybridized carbons (Fsp3) is 0.400. The van der Waals surface area contributed by atoms with Gasteiger partial charge in [0.1, 0.15) is 0 Å². The lowest BCUT2D eigenvalue weighted by atomic mass is 9.85. The first-order valence-corrected chi connectivity index (χ1v) is 9.42. The predicted octanol–water partition coefficient (Wildman–Crippen LogP) is 5.05. The number of carbonyl (C=O) groups is 1. The molecule has 1 aliphatic rings. The van der Waals surface area contributed by atoms with E-state index in [2.05, 4.69) is 44.4 Å². The largest absolute Gasteiger partial charge is 0.385 e. The maximum atomic E-state index is 12.0. The third kappa shape index (κ3) is 6.50. The molecule has 5 heteroatoms. The molecule has 134 valence electrons. The number of benzene rings is 1. The smallest absolute Gasteiger partial charge is 0.240 e. The Kier molecular flexibility index (Phi) is 7.44. The maximum absolute atomic E-state index is 12.0. The predicted molar refractivity (Wildman–Crippen MR) is 109 cm³/mol. The zero-order valence-electron chi connectivity index (χ0n) is 14.9. The zero-order chi connectivity index (χ0) is 18.2. The molecule has 0 saturated carbocycles. The number of halogens is 1. The van der Waals surface area contributed by atoms with Gasteiger partial charge in [0, 0.05) is 23.1 Å². The average molecular weight is 404 g/mol. The van der Waals surface area contributed by atoms with E-state index in [4.69, 9.17) is 0 Å². The van der Waals surface area contributed by atoms with Crippen LogP contribution in [-0.2, 0) is 4.79 Å². The number of nitrogens with one attached hydrogen (secondary N) is 2. The van der Waals surface area contributed by atoms with Gasteiger partial charge < -0.3 is 5.32 Å². The monoisotopic (exact) mass is 403 g/mol. The lowest BCUT2D eigenvalue weighted by Gasteiger charge is -2.22. The van der Waals surface area contributed by atoms with Gasteiger partial charge in [0.05, 0.1) is 5.71 Å². The molecule has 4 nitrogen and oxygen atoms in total. The zero-order valence-corrected chi connectivity index (χ0v) is 16.5. The summed E-state index contributed by atoms with van der Waals surface area (Å²) in [4.78, 5) is 12.0. The molecule has 25 heavy (non-hydrogen) atoms. The van der Waals surface area contributed by atoms with Crippen molar-refractivity contribution in [2.75, 3.05) is 11.9 Å². The Morgan fingerprint density at radius 2 is 2.08 bits per heavy atom. The van der Waals surface area contributed by atoms with Crippen molar-refractivity contribution in [3.63, 3.8) is 0 Å². The summed E-state index contributed by atoms with van der Waals surface area (Å²) >= 11 is 3.41. The van der Waals surface area contributed by atoms with Crippen molar-refractivity contribution in [2.45, 2.75) is 39.5 Å². The first-order valence-electron chi connectivity index (χ1n) is 8.63. The number of rotatable bonds is 7. The summed E-state index contributed by atoms with van der Waals surface area (Å²) in [6.45, 7) is 8.88. The number of amides is 1. The molecule has 0 bridgehead atoms. The quantitative estimate of drug-likeness (QED) is 0.380. The van der Waals surface area contributed by atoms with E-state index in [1.165, 1.54) is 5.57 Å². The molecule has 1 aromatic carbocycles. The third-order valence-electron chi connectivity index (χ3n) is 4.37. The second-order valence-electron chi connectivity index (χ2n) is 6.50. The lowest BCUT2D eigenvalue weighted by molar-refractivity contribution is -0.121. The Hall–Kier alpha value is -1.88. The van der Waals surface area contributed by atoms with Crippen LogP contribution >= 0.6 is 15.9 Å². The second kappa shape index (κ2) is 9.56. The summed E-state index contributed by atoms with van der Waals surface area (Å²) in [5.41, 5.74) is 7.02. The minimum Gasteiger partial charge on any atom is -0.385 e. The van der Waals surface area contributed by atoms with Crippen LogP contribution in [0.4, 0.5) is 5.69 Å². The van der Waals surface area contributed by atoms with Gasteiger partial charge in [-0.3, -0.25) is 4.79 Å². The Bertz CT molecular complexity index is 677. The van der Waals surface area contributed by atoms with Crippen molar-refractivity contribution in [3.05, 3.63) is 52.5 Å². The van der Waals surface area contributed by atoms with Gasteiger partial charge in [-0.2, -0.15) is 5.10 Å². The van der Waals surface area contributed by atoms with Crippen molar-refractivity contribution in [1.29, 1.82) is 0 Å². The fourth-order valence-corrected chi connectivity index (χ4v) is 2.92. The number of carbonyl (C=O) groups excluding carboxylic acids is 1. The Balaban J connectivity index is 1.72. The van der Waals surface area contributed by atoms with Crippen molar-refractivity contribution >= 4 is 33.2 Å². The second-order valence-corrected chi connectivity index (χ2v) is 7.42. The van der Waals surface area contributed by atoms with E-state index in [9.17, 15) is 4.79 Å². The van der Waals surface area contributed by atoms with Crippen LogP contribution in [0.15, 0.2) is 57.6 Å². The standard InChI is InChI=1S/C20H26BrN3O/c1-14(2)16-7-6-15(3)19(13-16)23-24-20(25)5-4-12-22-18-10-8-17(21)9-11-18/h6,8-11,16,22H,1,4-5,7,12-13H2,2-3H3,(H,24,25)/b23-19+. The van der Waals surface area contributed by atoms with E-state index in [0.29, 0.717) is 12.3 Å². The topological polar surface area (TPSA) is 53.5 Å². The molecule has 0 fully saturated rings. The summed E-state index contributed by atoms with van der Waals surface area (Å²) in [6, 6.07) is 7.99. The van der Waals surface area contributed by atoms with Crippen LogP contribution in [-0.4, -0.2) is 18.2 Å². The molecule has 0 radical (unpaired) electrons. The SMILES string of the molecule is C=C(C)C1CC=C(C)/C(=N/NC(=O)CCCNc2ccc(Br)cc2)C1. The lowest BCUT2D eigenvalue weighted by Crippen LogP contribution is -2.23. The van der Waals surface area contributed by atoms with E-state index in [-0.39, 0.29) is 5.91 Å². The molecule has 0 saturated heterocycles. The minimum atomic E-state index is -0.0460. The summed E-state index contributed by atoms with van der Waals surface area (Å²) in [6.07, 6.45) is 5.25. The van der Waals surface area contributed by atoms with Crippen molar-refractivity contribution in [3.8, 4) is 0 Å². The van der Waals surface area contributed by atoms with E-state index < -0.39 is 0 Å². The Morgan fingerprint density at radius 3 is 2.76 bits per heavy atom. The average Bonchev–Trinajstić information content (AvgIpc) is 2.59. The van der Waals surface area contributed by atoms with Gasteiger partial charge in [-0.1, -0.05) is 34.2 Å². The van der Waals surface area contributed by atoms with E-state index >= 15 is 0 Å². The van der Waals surface area contributed by atoms with Crippen LogP contribution in [0.2, 0.25) is 0 Å². The van der Waals surface area contributed by atoms with E-state index in [0.717, 1.165) is 47.3 Å². The molecule has 1 atom stereocenters. The van der Waals surface area contributed by atoms with Crippen molar-refractivity contribution in [1.82, 2.24) is 5.43 Å². The van der Waals surface area contributed by atoms with Crippen LogP contribution in [0, 0.1) is 5.92 Å². The highest BCUT2D eigenvalue weighted by Gasteiger charge is 2.18. The normalized spacial score (nSPS) is 18.6. The third-order valence-corrected chi connectivity index (χ3v) is 4.90. The highest BCUT2D eigenvalue weighted by molar-refractivity contribution is 9.10.